The second-order valence-corrected chi connectivity index (χ2v) is 4.97. The van der Waals surface area contributed by atoms with E-state index in [2.05, 4.69) is 15.5 Å². The molecule has 0 aliphatic carbocycles. The molecule has 0 aromatic heterocycles. The van der Waals surface area contributed by atoms with E-state index in [1.54, 1.807) is 0 Å². The molecule has 0 spiro atoms. The van der Waals surface area contributed by atoms with Crippen LogP contribution in [0.3, 0.4) is 0 Å². The van der Waals surface area contributed by atoms with Crippen LogP contribution in [0.2, 0.25) is 0 Å². The van der Waals surface area contributed by atoms with Crippen molar-refractivity contribution in [2.75, 3.05) is 26.2 Å². The first-order valence-electron chi connectivity index (χ1n) is 6.14. The predicted molar refractivity (Wildman–Crippen MR) is 57.4 cm³/mol. The van der Waals surface area contributed by atoms with Gasteiger partial charge in [0.15, 0.2) is 0 Å². The van der Waals surface area contributed by atoms with Crippen LogP contribution in [0.4, 0.5) is 0 Å². The summed E-state index contributed by atoms with van der Waals surface area (Å²) in [7, 11) is 0. The van der Waals surface area contributed by atoms with E-state index in [9.17, 15) is 0 Å². The number of hydrogen-bond donors (Lipinski definition) is 2. The molecule has 3 heterocycles. The van der Waals surface area contributed by atoms with Gasteiger partial charge in [-0.2, -0.15) is 0 Å². The van der Waals surface area contributed by atoms with Gasteiger partial charge in [0, 0.05) is 31.2 Å². The van der Waals surface area contributed by atoms with Crippen molar-refractivity contribution in [3.63, 3.8) is 0 Å². The molecule has 3 saturated heterocycles. The lowest BCUT2D eigenvalue weighted by Gasteiger charge is -2.42. The Kier molecular flexibility index (Phi) is 2.48. The van der Waals surface area contributed by atoms with Crippen LogP contribution < -0.4 is 10.6 Å². The third-order valence-electron chi connectivity index (χ3n) is 4.17. The van der Waals surface area contributed by atoms with Gasteiger partial charge < -0.3 is 10.6 Å². The fourth-order valence-electron chi connectivity index (χ4n) is 3.51. The third-order valence-corrected chi connectivity index (χ3v) is 4.17. The lowest BCUT2D eigenvalue weighted by molar-refractivity contribution is 0.0792. The van der Waals surface area contributed by atoms with Crippen molar-refractivity contribution in [3.8, 4) is 0 Å². The second-order valence-electron chi connectivity index (χ2n) is 4.97. The molecule has 3 aliphatic heterocycles. The molecular weight excluding hydrogens is 174 g/mol. The zero-order valence-electron chi connectivity index (χ0n) is 8.84. The molecule has 0 saturated carbocycles. The fourth-order valence-corrected chi connectivity index (χ4v) is 3.51. The molecule has 0 amide bonds. The van der Waals surface area contributed by atoms with Gasteiger partial charge >= 0.3 is 0 Å². The molecule has 2 bridgehead atoms. The van der Waals surface area contributed by atoms with Crippen molar-refractivity contribution in [1.82, 2.24) is 15.5 Å². The van der Waals surface area contributed by atoms with Crippen LogP contribution in [0.15, 0.2) is 0 Å². The molecule has 0 aromatic carbocycles. The van der Waals surface area contributed by atoms with Gasteiger partial charge in [-0.05, 0) is 38.8 Å². The van der Waals surface area contributed by atoms with Gasteiger partial charge in [0.2, 0.25) is 0 Å². The average molecular weight is 195 g/mol. The van der Waals surface area contributed by atoms with Gasteiger partial charge in [-0.3, -0.25) is 4.90 Å². The smallest absolute Gasteiger partial charge is 0.0227 e. The molecule has 3 fully saturated rings. The molecule has 2 N–H and O–H groups in total. The molecule has 14 heavy (non-hydrogen) atoms. The van der Waals surface area contributed by atoms with Crippen molar-refractivity contribution in [2.24, 2.45) is 0 Å². The quantitative estimate of drug-likeness (QED) is 0.625. The Bertz CT molecular complexity index is 185. The van der Waals surface area contributed by atoms with Gasteiger partial charge in [-0.1, -0.05) is 0 Å². The van der Waals surface area contributed by atoms with E-state index in [1.165, 1.54) is 51.9 Å². The molecular formula is C11H21N3. The van der Waals surface area contributed by atoms with Crippen LogP contribution in [0.5, 0.6) is 0 Å². The van der Waals surface area contributed by atoms with E-state index < -0.39 is 0 Å². The van der Waals surface area contributed by atoms with Crippen LogP contribution >= 0.6 is 0 Å². The lowest BCUT2D eigenvalue weighted by Crippen LogP contribution is -2.57. The molecule has 0 aromatic rings. The minimum atomic E-state index is 0.858. The minimum Gasteiger partial charge on any atom is -0.317 e. The first-order valence-corrected chi connectivity index (χ1v) is 6.14. The highest BCUT2D eigenvalue weighted by atomic mass is 15.3. The number of rotatable bonds is 1. The monoisotopic (exact) mass is 195 g/mol. The van der Waals surface area contributed by atoms with E-state index in [-0.39, 0.29) is 0 Å². The standard InChI is InChI=1S/C11H21N3/c1-2-11-8-13-7-10(1)14(11)9-3-5-12-6-4-9/h9-13H,1-8H2. The lowest BCUT2D eigenvalue weighted by atomic mass is 10.0. The fraction of sp³-hybridized carbons (Fsp3) is 1.00. The van der Waals surface area contributed by atoms with E-state index in [0.717, 1.165) is 18.1 Å². The Morgan fingerprint density at radius 3 is 2.00 bits per heavy atom. The molecule has 2 unspecified atom stereocenters. The number of piperazine rings is 1. The van der Waals surface area contributed by atoms with E-state index in [0.29, 0.717) is 0 Å². The largest absolute Gasteiger partial charge is 0.317 e. The summed E-state index contributed by atoms with van der Waals surface area (Å²) < 4.78 is 0. The maximum absolute atomic E-state index is 3.56. The van der Waals surface area contributed by atoms with E-state index >= 15 is 0 Å². The van der Waals surface area contributed by atoms with Crippen LogP contribution in [0, 0.1) is 0 Å². The minimum absolute atomic E-state index is 0.858. The highest BCUT2D eigenvalue weighted by Crippen LogP contribution is 2.31. The summed E-state index contributed by atoms with van der Waals surface area (Å²) in [6, 6.07) is 2.60. The van der Waals surface area contributed by atoms with Gasteiger partial charge in [-0.25, -0.2) is 0 Å². The number of nitrogens with zero attached hydrogens (tertiary/aromatic N) is 1. The van der Waals surface area contributed by atoms with Gasteiger partial charge in [0.05, 0.1) is 0 Å². The number of fused-ring (bicyclic) bond motifs is 2. The molecule has 0 radical (unpaired) electrons. The first kappa shape index (κ1) is 9.13. The van der Waals surface area contributed by atoms with Crippen molar-refractivity contribution >= 4 is 0 Å². The van der Waals surface area contributed by atoms with Crippen LogP contribution in [-0.4, -0.2) is 49.2 Å². The average Bonchev–Trinajstić information content (AvgIpc) is 2.50. The Hall–Kier alpha value is -0.120. The molecule has 3 aliphatic rings. The van der Waals surface area contributed by atoms with Crippen LogP contribution in [-0.2, 0) is 0 Å². The predicted octanol–water partition coefficient (Wildman–Crippen LogP) is 0.175. The van der Waals surface area contributed by atoms with Gasteiger partial charge in [-0.15, -0.1) is 0 Å². The number of piperidine rings is 1. The summed E-state index contributed by atoms with van der Waals surface area (Å²) in [5.74, 6) is 0. The SMILES string of the molecule is C1CC(N2C3CCC2CNC3)CCN1. The van der Waals surface area contributed by atoms with Crippen molar-refractivity contribution in [1.29, 1.82) is 0 Å². The van der Waals surface area contributed by atoms with Gasteiger partial charge in [0.25, 0.3) is 0 Å². The summed E-state index contributed by atoms with van der Waals surface area (Å²) >= 11 is 0. The number of nitrogens with one attached hydrogen (secondary N) is 2. The van der Waals surface area contributed by atoms with Crippen LogP contribution in [0.25, 0.3) is 0 Å². The van der Waals surface area contributed by atoms with Crippen molar-refractivity contribution in [2.45, 2.75) is 43.8 Å². The highest BCUT2D eigenvalue weighted by Gasteiger charge is 2.40. The summed E-state index contributed by atoms with van der Waals surface area (Å²) in [6.07, 6.45) is 5.60. The zero-order chi connectivity index (χ0) is 9.38. The van der Waals surface area contributed by atoms with Crippen molar-refractivity contribution in [3.05, 3.63) is 0 Å². The Morgan fingerprint density at radius 1 is 0.714 bits per heavy atom. The Balaban J connectivity index is 1.70. The summed E-state index contributed by atoms with van der Waals surface area (Å²) in [5, 5.41) is 7.02. The maximum Gasteiger partial charge on any atom is 0.0227 e. The van der Waals surface area contributed by atoms with Crippen molar-refractivity contribution < 1.29 is 0 Å². The molecule has 3 nitrogen and oxygen atoms in total. The summed E-state index contributed by atoms with van der Waals surface area (Å²) in [6.45, 7) is 4.93. The molecule has 80 valence electrons. The normalized spacial score (nSPS) is 40.3. The van der Waals surface area contributed by atoms with Gasteiger partial charge in [0.1, 0.15) is 0 Å². The second kappa shape index (κ2) is 3.80. The Morgan fingerprint density at radius 2 is 1.36 bits per heavy atom. The molecule has 2 atom stereocenters. The summed E-state index contributed by atoms with van der Waals surface area (Å²) in [5.41, 5.74) is 0. The molecule has 3 heteroatoms. The van der Waals surface area contributed by atoms with E-state index in [4.69, 9.17) is 0 Å². The third kappa shape index (κ3) is 1.47. The Labute approximate surface area is 86.2 Å². The highest BCUT2D eigenvalue weighted by molar-refractivity contribution is 4.98. The zero-order valence-corrected chi connectivity index (χ0v) is 8.84. The maximum atomic E-state index is 3.56. The summed E-state index contributed by atoms with van der Waals surface area (Å²) in [4.78, 5) is 2.84. The number of hydrogen-bond acceptors (Lipinski definition) is 3. The van der Waals surface area contributed by atoms with Crippen LogP contribution in [0.1, 0.15) is 25.7 Å². The first-order chi connectivity index (χ1) is 6.95. The van der Waals surface area contributed by atoms with E-state index in [1.807, 2.05) is 0 Å². The topological polar surface area (TPSA) is 27.3 Å². The molecule has 3 rings (SSSR count).